The molecule has 0 bridgehead atoms. The summed E-state index contributed by atoms with van der Waals surface area (Å²) in [6.07, 6.45) is 1.66. The summed E-state index contributed by atoms with van der Waals surface area (Å²) in [5.41, 5.74) is 3.27. The van der Waals surface area contributed by atoms with Gasteiger partial charge in [0.15, 0.2) is 5.82 Å². The van der Waals surface area contributed by atoms with Crippen LogP contribution in [0.5, 0.6) is 5.75 Å². The van der Waals surface area contributed by atoms with E-state index >= 15 is 0 Å². The first kappa shape index (κ1) is 28.2. The van der Waals surface area contributed by atoms with Crippen molar-refractivity contribution in [1.82, 2.24) is 14.9 Å². The Morgan fingerprint density at radius 2 is 1.73 bits per heavy atom. The second-order valence-corrected chi connectivity index (χ2v) is 11.2. The zero-order valence-electron chi connectivity index (χ0n) is 24.5. The maximum absolute atomic E-state index is 13.1. The molecule has 2 aliphatic heterocycles. The van der Waals surface area contributed by atoms with Crippen molar-refractivity contribution in [3.05, 3.63) is 54.2 Å². The van der Waals surface area contributed by atoms with Crippen LogP contribution in [-0.2, 0) is 9.53 Å². The number of anilines is 6. The lowest BCUT2D eigenvalue weighted by molar-refractivity contribution is -0.156. The third kappa shape index (κ3) is 6.04. The summed E-state index contributed by atoms with van der Waals surface area (Å²) in [4.78, 5) is 42.4. The molecule has 2 aromatic carbocycles. The number of nitrogens with one attached hydrogen (secondary N) is 1. The van der Waals surface area contributed by atoms with Crippen molar-refractivity contribution in [3.63, 3.8) is 0 Å². The van der Waals surface area contributed by atoms with E-state index in [1.807, 2.05) is 75.2 Å². The molecule has 0 atom stereocenters. The SMILES string of the molecule is COc1cc(N2CCN(CC(=O)OC(C)(C)C)CC2)ccc1Nc1ncc2c(n1)N(C)c1ccccc1C(=O)N2C. The van der Waals surface area contributed by atoms with Gasteiger partial charge in [0.2, 0.25) is 5.95 Å². The van der Waals surface area contributed by atoms with Crippen molar-refractivity contribution in [2.45, 2.75) is 26.4 Å². The molecule has 0 saturated carbocycles. The first-order chi connectivity index (χ1) is 19.5. The molecule has 0 radical (unpaired) electrons. The lowest BCUT2D eigenvalue weighted by atomic mass is 10.1. The number of aromatic nitrogens is 2. The van der Waals surface area contributed by atoms with Crippen LogP contribution in [0.15, 0.2) is 48.7 Å². The van der Waals surface area contributed by atoms with Crippen molar-refractivity contribution < 1.29 is 19.1 Å². The average molecular weight is 560 g/mol. The Hall–Kier alpha value is -4.38. The Morgan fingerprint density at radius 1 is 1.00 bits per heavy atom. The highest BCUT2D eigenvalue weighted by atomic mass is 16.6. The van der Waals surface area contributed by atoms with Crippen molar-refractivity contribution in [2.24, 2.45) is 0 Å². The fourth-order valence-corrected chi connectivity index (χ4v) is 5.08. The number of para-hydroxylation sites is 1. The van der Waals surface area contributed by atoms with Gasteiger partial charge in [-0.3, -0.25) is 14.5 Å². The maximum atomic E-state index is 13.1. The van der Waals surface area contributed by atoms with E-state index in [-0.39, 0.29) is 11.9 Å². The van der Waals surface area contributed by atoms with Crippen molar-refractivity contribution >= 4 is 46.4 Å². The second-order valence-electron chi connectivity index (χ2n) is 11.2. The van der Waals surface area contributed by atoms with Crippen LogP contribution in [0.1, 0.15) is 31.1 Å². The maximum Gasteiger partial charge on any atom is 0.320 e. The van der Waals surface area contributed by atoms with E-state index in [1.165, 1.54) is 0 Å². The minimum absolute atomic E-state index is 0.113. The van der Waals surface area contributed by atoms with Crippen LogP contribution >= 0.6 is 0 Å². The molecule has 1 saturated heterocycles. The van der Waals surface area contributed by atoms with E-state index in [0.29, 0.717) is 35.3 Å². The molecule has 1 fully saturated rings. The Kier molecular flexibility index (Phi) is 7.72. The molecule has 41 heavy (non-hydrogen) atoms. The number of carbonyl (C=O) groups excluding carboxylic acids is 2. The van der Waals surface area contributed by atoms with Crippen LogP contribution in [0, 0.1) is 0 Å². The van der Waals surface area contributed by atoms with Gasteiger partial charge in [0, 0.05) is 52.0 Å². The predicted octanol–water partition coefficient (Wildman–Crippen LogP) is 4.05. The van der Waals surface area contributed by atoms with Gasteiger partial charge in [0.05, 0.1) is 36.8 Å². The molecule has 0 aliphatic carbocycles. The summed E-state index contributed by atoms with van der Waals surface area (Å²) in [5.74, 6) is 1.35. The lowest BCUT2D eigenvalue weighted by Gasteiger charge is -2.36. The first-order valence-electron chi connectivity index (χ1n) is 13.7. The van der Waals surface area contributed by atoms with Gasteiger partial charge in [-0.05, 0) is 45.0 Å². The Balaban J connectivity index is 1.30. The second kappa shape index (κ2) is 11.2. The molecular weight excluding hydrogens is 522 g/mol. The number of hydrogen-bond acceptors (Lipinski definition) is 10. The highest BCUT2D eigenvalue weighted by Crippen LogP contribution is 2.39. The van der Waals surface area contributed by atoms with Crippen LogP contribution in [0.4, 0.5) is 34.5 Å². The number of methoxy groups -OCH3 is 1. The van der Waals surface area contributed by atoms with E-state index in [1.54, 1.807) is 25.3 Å². The molecule has 11 heteroatoms. The predicted molar refractivity (Wildman–Crippen MR) is 160 cm³/mol. The quantitative estimate of drug-likeness (QED) is 0.445. The average Bonchev–Trinajstić information content (AvgIpc) is 3.02. The van der Waals surface area contributed by atoms with Gasteiger partial charge in [0.1, 0.15) is 17.0 Å². The van der Waals surface area contributed by atoms with Crippen LogP contribution in [0.2, 0.25) is 0 Å². The highest BCUT2D eigenvalue weighted by Gasteiger charge is 2.29. The molecular formula is C30H37N7O4. The normalized spacial score (nSPS) is 15.7. The molecule has 11 nitrogen and oxygen atoms in total. The fourth-order valence-electron chi connectivity index (χ4n) is 5.08. The summed E-state index contributed by atoms with van der Waals surface area (Å²) in [6, 6.07) is 13.5. The minimum atomic E-state index is -0.481. The van der Waals surface area contributed by atoms with Gasteiger partial charge in [-0.25, -0.2) is 4.98 Å². The summed E-state index contributed by atoms with van der Waals surface area (Å²) >= 11 is 0. The fraction of sp³-hybridized carbons (Fsp3) is 0.400. The number of carbonyl (C=O) groups is 2. The van der Waals surface area contributed by atoms with E-state index in [4.69, 9.17) is 14.5 Å². The number of hydrogen-bond donors (Lipinski definition) is 1. The summed E-state index contributed by atoms with van der Waals surface area (Å²) in [5, 5.41) is 3.29. The van der Waals surface area contributed by atoms with Crippen LogP contribution < -0.4 is 24.8 Å². The van der Waals surface area contributed by atoms with E-state index in [2.05, 4.69) is 20.1 Å². The van der Waals surface area contributed by atoms with E-state index in [0.717, 1.165) is 43.2 Å². The Morgan fingerprint density at radius 3 is 2.44 bits per heavy atom. The first-order valence-corrected chi connectivity index (χ1v) is 13.7. The van der Waals surface area contributed by atoms with Crippen molar-refractivity contribution in [3.8, 4) is 5.75 Å². The zero-order chi connectivity index (χ0) is 29.3. The number of nitrogens with zero attached hydrogens (tertiary/aromatic N) is 6. The number of piperazine rings is 1. The molecule has 0 spiro atoms. The van der Waals surface area contributed by atoms with E-state index < -0.39 is 5.60 Å². The number of rotatable bonds is 6. The molecule has 0 unspecified atom stereocenters. The molecule has 2 aliphatic rings. The van der Waals surface area contributed by atoms with Gasteiger partial charge in [-0.2, -0.15) is 4.98 Å². The molecule has 1 N–H and O–H groups in total. The highest BCUT2D eigenvalue weighted by molar-refractivity contribution is 6.13. The number of esters is 1. The molecule has 3 heterocycles. The lowest BCUT2D eigenvalue weighted by Crippen LogP contribution is -2.48. The topological polar surface area (TPSA) is 103 Å². The van der Waals surface area contributed by atoms with E-state index in [9.17, 15) is 9.59 Å². The summed E-state index contributed by atoms with van der Waals surface area (Å²) < 4.78 is 11.2. The molecule has 3 aromatic rings. The molecule has 1 aromatic heterocycles. The number of ether oxygens (including phenoxy) is 2. The number of amides is 1. The number of benzene rings is 2. The molecule has 5 rings (SSSR count). The zero-order valence-corrected chi connectivity index (χ0v) is 24.5. The smallest absolute Gasteiger partial charge is 0.320 e. The van der Waals surface area contributed by atoms with Crippen molar-refractivity contribution in [2.75, 3.05) is 73.9 Å². The number of fused-ring (bicyclic) bond motifs is 2. The molecule has 216 valence electrons. The van der Waals surface area contributed by atoms with Crippen LogP contribution in [0.25, 0.3) is 0 Å². The van der Waals surface area contributed by atoms with Crippen LogP contribution in [0.3, 0.4) is 0 Å². The third-order valence-electron chi connectivity index (χ3n) is 7.17. The summed E-state index contributed by atoms with van der Waals surface area (Å²) in [7, 11) is 5.25. The third-order valence-corrected chi connectivity index (χ3v) is 7.17. The minimum Gasteiger partial charge on any atom is -0.494 e. The van der Waals surface area contributed by atoms with Gasteiger partial charge in [0.25, 0.3) is 5.91 Å². The van der Waals surface area contributed by atoms with Crippen LogP contribution in [-0.4, -0.2) is 86.3 Å². The monoisotopic (exact) mass is 559 g/mol. The summed E-state index contributed by atoms with van der Waals surface area (Å²) in [6.45, 7) is 9.03. The van der Waals surface area contributed by atoms with Gasteiger partial charge in [-0.1, -0.05) is 12.1 Å². The Labute approximate surface area is 240 Å². The van der Waals surface area contributed by atoms with Crippen molar-refractivity contribution in [1.29, 1.82) is 0 Å². The molecule has 1 amide bonds. The standard InChI is InChI=1S/C30H37N7O4/c1-30(2,3)41-26(38)19-36-13-15-37(16-14-36)20-11-12-22(25(17-20)40-6)32-29-31-18-24-27(33-29)34(4)23-10-8-7-9-21(23)28(39)35(24)5/h7-12,17-18H,13-16,19H2,1-6H3,(H,31,32,33). The van der Waals surface area contributed by atoms with Gasteiger partial charge in [-0.15, -0.1) is 0 Å². The Bertz CT molecular complexity index is 1450. The van der Waals surface area contributed by atoms with Gasteiger partial charge >= 0.3 is 5.97 Å². The largest absolute Gasteiger partial charge is 0.494 e. The van der Waals surface area contributed by atoms with Gasteiger partial charge < -0.3 is 29.5 Å².